The maximum Gasteiger partial charge on any atom is 0.308 e. The molecule has 3 N–H and O–H groups in total. The van der Waals surface area contributed by atoms with Crippen LogP contribution in [0.1, 0.15) is 18.2 Å². The molecule has 18 heavy (non-hydrogen) atoms. The van der Waals surface area contributed by atoms with Crippen molar-refractivity contribution in [1.29, 1.82) is 0 Å². The highest BCUT2D eigenvalue weighted by Crippen LogP contribution is 2.22. The van der Waals surface area contributed by atoms with Crippen molar-refractivity contribution in [3.8, 4) is 0 Å². The van der Waals surface area contributed by atoms with Gasteiger partial charge in [-0.2, -0.15) is 0 Å². The van der Waals surface area contributed by atoms with E-state index in [4.69, 9.17) is 10.2 Å². The number of rotatable bonds is 7. The summed E-state index contributed by atoms with van der Waals surface area (Å²) in [6, 6.07) is 2.32. The second kappa shape index (κ2) is 6.28. The molecular weight excluding hydrogens is 278 g/mol. The first kappa shape index (κ1) is 15.1. The lowest BCUT2D eigenvalue weighted by Crippen LogP contribution is -2.36. The molecule has 1 rings (SSSR count). The van der Waals surface area contributed by atoms with Gasteiger partial charge in [-0.3, -0.25) is 4.79 Å². The minimum atomic E-state index is -3.68. The van der Waals surface area contributed by atoms with Gasteiger partial charge in [0, 0.05) is 10.9 Å². The van der Waals surface area contributed by atoms with Crippen LogP contribution in [0.5, 0.6) is 0 Å². The highest BCUT2D eigenvalue weighted by atomic mass is 32.2. The average molecular weight is 293 g/mol. The zero-order chi connectivity index (χ0) is 13.8. The summed E-state index contributed by atoms with van der Waals surface area (Å²) < 4.78 is 26.2. The number of carboxylic acids is 1. The summed E-state index contributed by atoms with van der Waals surface area (Å²) in [6.07, 6.45) is 0.278. The molecule has 1 atom stereocenters. The third kappa shape index (κ3) is 4.05. The molecule has 6 nitrogen and oxygen atoms in total. The number of nitrogens with one attached hydrogen (secondary N) is 1. The van der Waals surface area contributed by atoms with Crippen LogP contribution in [0, 0.1) is 0 Å². The molecule has 1 aromatic heterocycles. The van der Waals surface area contributed by atoms with Crippen LogP contribution >= 0.6 is 11.3 Å². The molecule has 0 radical (unpaired) electrons. The predicted molar refractivity (Wildman–Crippen MR) is 67.1 cm³/mol. The summed E-state index contributed by atoms with van der Waals surface area (Å²) >= 11 is 0.918. The van der Waals surface area contributed by atoms with E-state index >= 15 is 0 Å². The van der Waals surface area contributed by atoms with E-state index in [0.717, 1.165) is 11.3 Å². The van der Waals surface area contributed by atoms with Gasteiger partial charge < -0.3 is 10.2 Å². The van der Waals surface area contributed by atoms with Crippen LogP contribution in [0.25, 0.3) is 0 Å². The molecule has 0 fully saturated rings. The monoisotopic (exact) mass is 293 g/mol. The van der Waals surface area contributed by atoms with Crippen LogP contribution in [0.3, 0.4) is 0 Å². The normalized spacial score (nSPS) is 13.4. The molecule has 0 saturated carbocycles. The Bertz CT molecular complexity index is 504. The molecule has 0 aliphatic heterocycles. The van der Waals surface area contributed by atoms with Gasteiger partial charge in [0.15, 0.2) is 0 Å². The fraction of sp³-hybridized carbons (Fsp3) is 0.500. The van der Waals surface area contributed by atoms with Crippen LogP contribution in [-0.4, -0.2) is 37.2 Å². The van der Waals surface area contributed by atoms with Crippen LogP contribution in [0.15, 0.2) is 16.3 Å². The van der Waals surface area contributed by atoms with Crippen molar-refractivity contribution in [2.45, 2.75) is 30.0 Å². The van der Waals surface area contributed by atoms with Crippen LogP contribution in [0.2, 0.25) is 0 Å². The Morgan fingerprint density at radius 2 is 2.17 bits per heavy atom. The van der Waals surface area contributed by atoms with E-state index in [1.807, 2.05) is 0 Å². The van der Waals surface area contributed by atoms with Gasteiger partial charge in [0.05, 0.1) is 13.0 Å². The Kier molecular flexibility index (Phi) is 5.27. The van der Waals surface area contributed by atoms with Crippen molar-refractivity contribution in [1.82, 2.24) is 4.72 Å². The van der Waals surface area contributed by atoms with Crippen LogP contribution in [-0.2, 0) is 21.2 Å². The van der Waals surface area contributed by atoms with Gasteiger partial charge in [-0.15, -0.1) is 11.3 Å². The maximum atomic E-state index is 11.9. The van der Waals surface area contributed by atoms with Gasteiger partial charge in [0.1, 0.15) is 4.21 Å². The highest BCUT2D eigenvalue weighted by Gasteiger charge is 2.20. The second-order valence-electron chi connectivity index (χ2n) is 3.70. The first-order valence-corrected chi connectivity index (χ1v) is 7.62. The third-order valence-corrected chi connectivity index (χ3v) is 5.36. The van der Waals surface area contributed by atoms with Crippen molar-refractivity contribution in [2.24, 2.45) is 0 Å². The van der Waals surface area contributed by atoms with Gasteiger partial charge in [-0.25, -0.2) is 13.1 Å². The number of aliphatic hydroxyl groups is 1. The lowest BCUT2D eigenvalue weighted by Gasteiger charge is -2.12. The van der Waals surface area contributed by atoms with Crippen molar-refractivity contribution >= 4 is 27.3 Å². The van der Waals surface area contributed by atoms with Crippen molar-refractivity contribution < 1.29 is 23.4 Å². The fourth-order valence-corrected chi connectivity index (χ4v) is 3.95. The van der Waals surface area contributed by atoms with Crippen molar-refractivity contribution in [2.75, 3.05) is 6.61 Å². The van der Waals surface area contributed by atoms with Crippen molar-refractivity contribution in [3.63, 3.8) is 0 Å². The molecule has 0 saturated heterocycles. The summed E-state index contributed by atoms with van der Waals surface area (Å²) in [5, 5.41) is 17.6. The Hall–Kier alpha value is -0.960. The van der Waals surface area contributed by atoms with E-state index in [-0.39, 0.29) is 17.2 Å². The molecule has 0 unspecified atom stereocenters. The molecule has 1 heterocycles. The largest absolute Gasteiger partial charge is 0.481 e. The number of aliphatic carboxylic acids is 1. The topological polar surface area (TPSA) is 104 Å². The SMILES string of the molecule is CC[C@H](CO)NS(=O)(=O)c1ccc(CC(=O)O)s1. The van der Waals surface area contributed by atoms with E-state index in [9.17, 15) is 13.2 Å². The summed E-state index contributed by atoms with van der Waals surface area (Å²) in [7, 11) is -3.68. The van der Waals surface area contributed by atoms with Gasteiger partial charge in [0.25, 0.3) is 0 Å². The van der Waals surface area contributed by atoms with Crippen LogP contribution < -0.4 is 4.72 Å². The Labute approximate surface area is 109 Å². The average Bonchev–Trinajstić information content (AvgIpc) is 2.74. The summed E-state index contributed by atoms with van der Waals surface area (Å²) in [5.74, 6) is -1.00. The second-order valence-corrected chi connectivity index (χ2v) is 6.81. The number of carbonyl (C=O) groups is 1. The molecule has 0 aliphatic rings. The zero-order valence-corrected chi connectivity index (χ0v) is 11.4. The summed E-state index contributed by atoms with van der Waals surface area (Å²) in [6.45, 7) is 1.48. The number of aliphatic hydroxyl groups excluding tert-OH is 1. The molecule has 0 bridgehead atoms. The molecule has 1 aromatic rings. The number of sulfonamides is 1. The molecule has 0 spiro atoms. The van der Waals surface area contributed by atoms with Crippen molar-refractivity contribution in [3.05, 3.63) is 17.0 Å². The molecule has 0 aromatic carbocycles. The van der Waals surface area contributed by atoms with E-state index < -0.39 is 22.0 Å². The Morgan fingerprint density at radius 3 is 2.67 bits per heavy atom. The lowest BCUT2D eigenvalue weighted by molar-refractivity contribution is -0.136. The van der Waals surface area contributed by atoms with Gasteiger partial charge in [0.2, 0.25) is 10.0 Å². The fourth-order valence-electron chi connectivity index (χ4n) is 1.27. The van der Waals surface area contributed by atoms with E-state index in [1.54, 1.807) is 6.92 Å². The summed E-state index contributed by atoms with van der Waals surface area (Å²) in [5.41, 5.74) is 0. The lowest BCUT2D eigenvalue weighted by atomic mass is 10.3. The standard InChI is InChI=1S/C10H15NO5S2/c1-2-7(6-12)11-18(15,16)10-4-3-8(17-10)5-9(13)14/h3-4,7,11-12H,2,5-6H2,1H3,(H,13,14)/t7-/m1/s1. The predicted octanol–water partition coefficient (Wildman–Crippen LogP) is 0.424. The zero-order valence-electron chi connectivity index (χ0n) is 9.79. The van der Waals surface area contributed by atoms with Crippen LogP contribution in [0.4, 0.5) is 0 Å². The molecule has 8 heteroatoms. The van der Waals surface area contributed by atoms with Gasteiger partial charge >= 0.3 is 5.97 Å². The molecule has 0 amide bonds. The van der Waals surface area contributed by atoms with Gasteiger partial charge in [-0.05, 0) is 18.6 Å². The first-order chi connectivity index (χ1) is 8.39. The quantitative estimate of drug-likeness (QED) is 0.676. The maximum absolute atomic E-state index is 11.9. The third-order valence-electron chi connectivity index (χ3n) is 2.26. The Morgan fingerprint density at radius 1 is 1.50 bits per heavy atom. The molecule has 0 aliphatic carbocycles. The van der Waals surface area contributed by atoms with E-state index in [1.165, 1.54) is 12.1 Å². The number of carboxylic acid groups (broad SMARTS) is 1. The van der Waals surface area contributed by atoms with E-state index in [0.29, 0.717) is 11.3 Å². The minimum Gasteiger partial charge on any atom is -0.481 e. The smallest absolute Gasteiger partial charge is 0.308 e. The first-order valence-electron chi connectivity index (χ1n) is 5.32. The molecule has 102 valence electrons. The summed E-state index contributed by atoms with van der Waals surface area (Å²) in [4.78, 5) is 11.0. The highest BCUT2D eigenvalue weighted by molar-refractivity contribution is 7.91. The number of hydrogen-bond acceptors (Lipinski definition) is 5. The number of hydrogen-bond donors (Lipinski definition) is 3. The van der Waals surface area contributed by atoms with E-state index in [2.05, 4.69) is 4.72 Å². The van der Waals surface area contributed by atoms with Gasteiger partial charge in [-0.1, -0.05) is 6.92 Å². The molecular formula is C10H15NO5S2. The minimum absolute atomic E-state index is 0.0608. The Balaban J connectivity index is 2.85. The number of thiophene rings is 1.